The quantitative estimate of drug-likeness (QED) is 0.582. The summed E-state index contributed by atoms with van der Waals surface area (Å²) in [5.41, 5.74) is 4.81. The first-order valence-corrected chi connectivity index (χ1v) is 4.55. The van der Waals surface area contributed by atoms with Crippen molar-refractivity contribution >= 4 is 79.3 Å². The predicted molar refractivity (Wildman–Crippen MR) is 57.1 cm³/mol. The van der Waals surface area contributed by atoms with Crippen LogP contribution < -0.4 is 11.1 Å². The van der Waals surface area contributed by atoms with Gasteiger partial charge in [0.1, 0.15) is 4.32 Å². The molecule has 3 amide bonds. The van der Waals surface area contributed by atoms with Gasteiger partial charge < -0.3 is 5.73 Å². The van der Waals surface area contributed by atoms with Crippen LogP contribution in [0, 0.1) is 0 Å². The fourth-order valence-electron chi connectivity index (χ4n) is 0.795. The molecule has 72 valence electrons. The van der Waals surface area contributed by atoms with Crippen LogP contribution in [0.2, 0.25) is 0 Å². The summed E-state index contributed by atoms with van der Waals surface area (Å²) in [6.07, 6.45) is 1.23. The Morgan fingerprint density at radius 1 is 1.38 bits per heavy atom. The Balaban J connectivity index is 0. The second-order valence-corrected chi connectivity index (χ2v) is 4.01. The van der Waals surface area contributed by atoms with E-state index in [2.05, 4.69) is 15.9 Å². The van der Waals surface area contributed by atoms with Crippen molar-refractivity contribution in [3.05, 3.63) is 0 Å². The zero-order chi connectivity index (χ0) is 9.78. The van der Waals surface area contributed by atoms with Crippen molar-refractivity contribution in [2.24, 2.45) is 5.73 Å². The van der Waals surface area contributed by atoms with Gasteiger partial charge >= 0.3 is 57.4 Å². The number of nitrogens with one attached hydrogen (secondary N) is 1. The number of rotatable bonds is 3. The fraction of sp³-hybridized carbons (Fsp3) is 0.714. The van der Waals surface area contributed by atoms with E-state index in [1.807, 2.05) is 19.2 Å². The summed E-state index contributed by atoms with van der Waals surface area (Å²) >= 11 is 3.26. The Morgan fingerprint density at radius 3 is 2.00 bits per heavy atom. The van der Waals surface area contributed by atoms with Gasteiger partial charge in [0, 0.05) is 0 Å². The maximum atomic E-state index is 11.3. The third kappa shape index (κ3) is 5.49. The van der Waals surface area contributed by atoms with Crippen molar-refractivity contribution in [3.8, 4) is 0 Å². The summed E-state index contributed by atoms with van der Waals surface area (Å²) in [4.78, 5) is 21.6. The van der Waals surface area contributed by atoms with Gasteiger partial charge in [0.15, 0.2) is 0 Å². The van der Waals surface area contributed by atoms with Crippen molar-refractivity contribution in [2.45, 2.75) is 31.0 Å². The Bertz CT molecular complexity index is 195. The van der Waals surface area contributed by atoms with E-state index in [9.17, 15) is 9.59 Å². The van der Waals surface area contributed by atoms with Gasteiger partial charge in [0.05, 0.1) is 0 Å². The van der Waals surface area contributed by atoms with Crippen molar-refractivity contribution in [2.75, 3.05) is 0 Å². The van der Waals surface area contributed by atoms with E-state index in [0.717, 1.165) is 0 Å². The zero-order valence-electron chi connectivity index (χ0n) is 7.19. The summed E-state index contributed by atoms with van der Waals surface area (Å²) in [7, 11) is 0. The molecule has 0 heterocycles. The number of amides is 3. The molecule has 4 nitrogen and oxygen atoms in total. The van der Waals surface area contributed by atoms with Crippen LogP contribution >= 0.6 is 15.9 Å². The van der Waals surface area contributed by atoms with Crippen LogP contribution in [0.1, 0.15) is 26.7 Å². The molecule has 0 aromatic heterocycles. The number of hydrogen-bond donors (Lipinski definition) is 2. The van der Waals surface area contributed by atoms with E-state index in [4.69, 9.17) is 5.73 Å². The number of alkyl halides is 1. The molecule has 0 spiro atoms. The molecule has 0 atom stereocenters. The standard InChI is InChI=1S/C7H13BrN2O2.K.H/c1-3-7(8,4-2)5(11)10-6(9)12;;/h3-4H2,1-2H3,(H3,9,10,11,12);;. The van der Waals surface area contributed by atoms with Crippen LogP contribution in [0.25, 0.3) is 0 Å². The first-order valence-electron chi connectivity index (χ1n) is 3.76. The minimum absolute atomic E-state index is 0. The normalized spacial score (nSPS) is 10.1. The molecule has 0 saturated carbocycles. The van der Waals surface area contributed by atoms with Gasteiger partial charge in [0.25, 0.3) is 0 Å². The SMILES string of the molecule is CCC(Br)(CC)C(=O)NC(N)=O.[KH]. The van der Waals surface area contributed by atoms with Gasteiger partial charge in [-0.3, -0.25) is 10.1 Å². The molecule has 0 rings (SSSR count). The Kier molecular flexibility index (Phi) is 9.33. The second kappa shape index (κ2) is 7.36. The molecular weight excluding hydrogens is 263 g/mol. The van der Waals surface area contributed by atoms with Crippen LogP contribution in [0.3, 0.4) is 0 Å². The van der Waals surface area contributed by atoms with Crippen molar-refractivity contribution in [1.29, 1.82) is 0 Å². The topological polar surface area (TPSA) is 72.2 Å². The zero-order valence-corrected chi connectivity index (χ0v) is 8.77. The number of urea groups is 1. The van der Waals surface area contributed by atoms with E-state index in [1.54, 1.807) is 0 Å². The monoisotopic (exact) mass is 276 g/mol. The number of nitrogens with two attached hydrogens (primary N) is 1. The average molecular weight is 277 g/mol. The third-order valence-corrected chi connectivity index (χ3v) is 3.25. The van der Waals surface area contributed by atoms with Crippen molar-refractivity contribution in [3.63, 3.8) is 0 Å². The van der Waals surface area contributed by atoms with Gasteiger partial charge in [-0.2, -0.15) is 0 Å². The first kappa shape index (κ1) is 16.5. The molecule has 13 heavy (non-hydrogen) atoms. The average Bonchev–Trinajstić information content (AvgIpc) is 2.02. The maximum absolute atomic E-state index is 11.3. The molecule has 0 radical (unpaired) electrons. The number of carbonyl (C=O) groups excluding carboxylic acids is 2. The van der Waals surface area contributed by atoms with Crippen LogP contribution in [-0.4, -0.2) is 67.6 Å². The van der Waals surface area contributed by atoms with Crippen molar-refractivity contribution < 1.29 is 9.59 Å². The van der Waals surface area contributed by atoms with Gasteiger partial charge in [-0.05, 0) is 12.8 Å². The molecule has 0 fully saturated rings. The van der Waals surface area contributed by atoms with Gasteiger partial charge in [-0.25, -0.2) is 4.79 Å². The summed E-state index contributed by atoms with van der Waals surface area (Å²) in [6.45, 7) is 3.72. The van der Waals surface area contributed by atoms with Crippen LogP contribution in [0.4, 0.5) is 4.79 Å². The number of halogens is 1. The number of carbonyl (C=O) groups is 2. The molecular formula is C7H14BrKN2O2. The molecule has 3 N–H and O–H groups in total. The van der Waals surface area contributed by atoms with Gasteiger partial charge in [-0.1, -0.05) is 29.8 Å². The van der Waals surface area contributed by atoms with Crippen LogP contribution in [0.5, 0.6) is 0 Å². The molecule has 0 saturated heterocycles. The Hall–Kier alpha value is 1.06. The first-order chi connectivity index (χ1) is 5.46. The Morgan fingerprint density at radius 2 is 1.77 bits per heavy atom. The molecule has 0 aliphatic carbocycles. The predicted octanol–water partition coefficient (Wildman–Crippen LogP) is 0.486. The number of hydrogen-bond acceptors (Lipinski definition) is 2. The molecule has 0 aliphatic heterocycles. The van der Waals surface area contributed by atoms with E-state index in [1.165, 1.54) is 0 Å². The number of imide groups is 1. The van der Waals surface area contributed by atoms with E-state index in [-0.39, 0.29) is 57.3 Å². The summed E-state index contributed by atoms with van der Waals surface area (Å²) < 4.78 is -0.665. The van der Waals surface area contributed by atoms with Gasteiger partial charge in [0.2, 0.25) is 5.91 Å². The molecule has 0 aliphatic rings. The Labute approximate surface area is 129 Å². The molecule has 0 unspecified atom stereocenters. The van der Waals surface area contributed by atoms with Crippen LogP contribution in [-0.2, 0) is 4.79 Å². The second-order valence-electron chi connectivity index (χ2n) is 2.49. The van der Waals surface area contributed by atoms with Crippen LogP contribution in [0.15, 0.2) is 0 Å². The van der Waals surface area contributed by atoms with Crippen molar-refractivity contribution in [1.82, 2.24) is 5.32 Å². The van der Waals surface area contributed by atoms with E-state index < -0.39 is 10.4 Å². The fourth-order valence-corrected chi connectivity index (χ4v) is 0.894. The summed E-state index contributed by atoms with van der Waals surface area (Å²) in [5.74, 6) is -0.375. The molecule has 0 bridgehead atoms. The summed E-state index contributed by atoms with van der Waals surface area (Å²) in [6, 6.07) is -0.814. The molecule has 0 aromatic rings. The summed E-state index contributed by atoms with van der Waals surface area (Å²) in [5, 5.41) is 2.04. The third-order valence-electron chi connectivity index (χ3n) is 1.76. The number of primary amides is 1. The van der Waals surface area contributed by atoms with Gasteiger partial charge in [-0.15, -0.1) is 0 Å². The van der Waals surface area contributed by atoms with E-state index >= 15 is 0 Å². The van der Waals surface area contributed by atoms with E-state index in [0.29, 0.717) is 12.8 Å². The minimum atomic E-state index is -0.814. The molecule has 6 heteroatoms. The molecule has 0 aromatic carbocycles.